The number of benzene rings is 1. The molecule has 1 N–H and O–H groups in total. The maximum Gasteiger partial charge on any atom is 0.328 e. The minimum absolute atomic E-state index is 0.481. The zero-order chi connectivity index (χ0) is 14.5. The standard InChI is InChI=1S/C15H15ClN2O2/c16-14-10-13(4-2-11(14)3-7-15(19)20)18(9-1-8-17)12-5-6-12/h2-4,7,10,12H,1,5-6,9H2,(H,19,20)/b7-3+. The Balaban J connectivity index is 2.18. The first kappa shape index (κ1) is 14.4. The van der Waals surface area contributed by atoms with Crippen LogP contribution in [0.2, 0.25) is 5.02 Å². The van der Waals surface area contributed by atoms with Crippen molar-refractivity contribution < 1.29 is 9.90 Å². The Morgan fingerprint density at radius 2 is 2.30 bits per heavy atom. The van der Waals surface area contributed by atoms with Crippen molar-refractivity contribution in [3.63, 3.8) is 0 Å². The molecule has 0 aromatic heterocycles. The molecule has 2 rings (SSSR count). The summed E-state index contributed by atoms with van der Waals surface area (Å²) >= 11 is 6.18. The van der Waals surface area contributed by atoms with Crippen LogP contribution in [0.4, 0.5) is 5.69 Å². The molecule has 0 saturated heterocycles. The fraction of sp³-hybridized carbons (Fsp3) is 0.333. The summed E-state index contributed by atoms with van der Waals surface area (Å²) in [7, 11) is 0. The summed E-state index contributed by atoms with van der Waals surface area (Å²) in [6.45, 7) is 0.696. The molecule has 20 heavy (non-hydrogen) atoms. The van der Waals surface area contributed by atoms with Crippen molar-refractivity contribution in [1.82, 2.24) is 0 Å². The van der Waals surface area contributed by atoms with Crippen LogP contribution in [0.3, 0.4) is 0 Å². The molecular formula is C15H15ClN2O2. The summed E-state index contributed by atoms with van der Waals surface area (Å²) in [5, 5.41) is 17.9. The lowest BCUT2D eigenvalue weighted by molar-refractivity contribution is -0.131. The Labute approximate surface area is 122 Å². The van der Waals surface area contributed by atoms with Crippen LogP contribution in [0, 0.1) is 11.3 Å². The Morgan fingerprint density at radius 1 is 1.55 bits per heavy atom. The number of nitriles is 1. The van der Waals surface area contributed by atoms with E-state index in [1.165, 1.54) is 6.08 Å². The minimum Gasteiger partial charge on any atom is -0.478 e. The van der Waals surface area contributed by atoms with Gasteiger partial charge in [0.2, 0.25) is 0 Å². The third-order valence-electron chi connectivity index (χ3n) is 3.17. The third kappa shape index (κ3) is 3.75. The zero-order valence-corrected chi connectivity index (χ0v) is 11.7. The molecule has 1 saturated carbocycles. The van der Waals surface area contributed by atoms with Crippen LogP contribution in [0.5, 0.6) is 0 Å². The van der Waals surface area contributed by atoms with Gasteiger partial charge in [0.1, 0.15) is 0 Å². The number of anilines is 1. The summed E-state index contributed by atoms with van der Waals surface area (Å²) in [5.41, 5.74) is 1.66. The van der Waals surface area contributed by atoms with Crippen molar-refractivity contribution in [2.24, 2.45) is 0 Å². The van der Waals surface area contributed by atoms with Crippen LogP contribution < -0.4 is 4.90 Å². The maximum absolute atomic E-state index is 10.5. The van der Waals surface area contributed by atoms with Crippen LogP contribution in [0.15, 0.2) is 24.3 Å². The van der Waals surface area contributed by atoms with Gasteiger partial charge in [-0.05, 0) is 36.6 Å². The minimum atomic E-state index is -1.00. The van der Waals surface area contributed by atoms with Crippen molar-refractivity contribution in [1.29, 1.82) is 5.26 Å². The number of carboxylic acids is 1. The van der Waals surface area contributed by atoms with E-state index in [9.17, 15) is 4.79 Å². The van der Waals surface area contributed by atoms with E-state index in [1.54, 1.807) is 6.07 Å². The van der Waals surface area contributed by atoms with E-state index in [0.29, 0.717) is 29.6 Å². The average Bonchev–Trinajstić information content (AvgIpc) is 3.22. The molecule has 5 heteroatoms. The molecule has 0 bridgehead atoms. The number of hydrogen-bond donors (Lipinski definition) is 1. The first-order valence-electron chi connectivity index (χ1n) is 6.46. The maximum atomic E-state index is 10.5. The largest absolute Gasteiger partial charge is 0.478 e. The normalized spacial score (nSPS) is 14.2. The lowest BCUT2D eigenvalue weighted by Gasteiger charge is -2.24. The molecule has 0 unspecified atom stereocenters. The third-order valence-corrected chi connectivity index (χ3v) is 3.50. The van der Waals surface area contributed by atoms with Crippen LogP contribution in [-0.4, -0.2) is 23.7 Å². The number of nitrogens with zero attached hydrogens (tertiary/aromatic N) is 2. The molecule has 0 radical (unpaired) electrons. The molecule has 0 amide bonds. The first-order valence-corrected chi connectivity index (χ1v) is 6.84. The smallest absolute Gasteiger partial charge is 0.328 e. The summed E-state index contributed by atoms with van der Waals surface area (Å²) in [4.78, 5) is 12.7. The number of carbonyl (C=O) groups is 1. The number of halogens is 1. The predicted octanol–water partition coefficient (Wildman–Crippen LogP) is 3.32. The van der Waals surface area contributed by atoms with Gasteiger partial charge >= 0.3 is 5.97 Å². The van der Waals surface area contributed by atoms with Crippen molar-refractivity contribution >= 4 is 29.3 Å². The number of aliphatic carboxylic acids is 1. The molecule has 1 aliphatic carbocycles. The molecular weight excluding hydrogens is 276 g/mol. The van der Waals surface area contributed by atoms with Gasteiger partial charge in [0.05, 0.1) is 12.5 Å². The quantitative estimate of drug-likeness (QED) is 0.816. The van der Waals surface area contributed by atoms with Crippen molar-refractivity contribution in [3.05, 3.63) is 34.9 Å². The van der Waals surface area contributed by atoms with Gasteiger partial charge < -0.3 is 10.0 Å². The highest BCUT2D eigenvalue weighted by molar-refractivity contribution is 6.32. The van der Waals surface area contributed by atoms with E-state index in [-0.39, 0.29) is 0 Å². The van der Waals surface area contributed by atoms with Gasteiger partial charge in [-0.2, -0.15) is 5.26 Å². The van der Waals surface area contributed by atoms with Crippen LogP contribution in [-0.2, 0) is 4.79 Å². The van der Waals surface area contributed by atoms with Crippen molar-refractivity contribution in [3.8, 4) is 6.07 Å². The summed E-state index contributed by atoms with van der Waals surface area (Å²) < 4.78 is 0. The molecule has 0 atom stereocenters. The monoisotopic (exact) mass is 290 g/mol. The van der Waals surface area contributed by atoms with Gasteiger partial charge in [0.25, 0.3) is 0 Å². The molecule has 1 fully saturated rings. The number of rotatable bonds is 6. The summed E-state index contributed by atoms with van der Waals surface area (Å²) in [6, 6.07) is 8.21. The second-order valence-electron chi connectivity index (χ2n) is 4.71. The topological polar surface area (TPSA) is 64.3 Å². The Bertz CT molecular complexity index is 574. The lowest BCUT2D eigenvalue weighted by atomic mass is 10.1. The van der Waals surface area contributed by atoms with Gasteiger partial charge in [0.15, 0.2) is 0 Å². The molecule has 1 aromatic carbocycles. The molecule has 104 valence electrons. The highest BCUT2D eigenvalue weighted by Gasteiger charge is 2.29. The van der Waals surface area contributed by atoms with Crippen LogP contribution >= 0.6 is 11.6 Å². The second-order valence-corrected chi connectivity index (χ2v) is 5.12. The Hall–Kier alpha value is -1.99. The summed E-state index contributed by atoms with van der Waals surface area (Å²) in [6.07, 6.45) is 5.31. The zero-order valence-electron chi connectivity index (χ0n) is 10.9. The highest BCUT2D eigenvalue weighted by Crippen LogP contribution is 2.34. The summed E-state index contributed by atoms with van der Waals surface area (Å²) in [5.74, 6) is -1.00. The van der Waals surface area contributed by atoms with Gasteiger partial charge in [-0.15, -0.1) is 0 Å². The Kier molecular flexibility index (Phi) is 4.65. The van der Waals surface area contributed by atoms with Gasteiger partial charge in [0, 0.05) is 29.4 Å². The van der Waals surface area contributed by atoms with Crippen LogP contribution in [0.25, 0.3) is 6.08 Å². The van der Waals surface area contributed by atoms with Crippen LogP contribution in [0.1, 0.15) is 24.8 Å². The molecule has 0 aliphatic heterocycles. The lowest BCUT2D eigenvalue weighted by Crippen LogP contribution is -2.26. The van der Waals surface area contributed by atoms with E-state index < -0.39 is 5.97 Å². The van der Waals surface area contributed by atoms with Gasteiger partial charge in [-0.3, -0.25) is 0 Å². The van der Waals surface area contributed by atoms with Gasteiger partial charge in [-0.1, -0.05) is 17.7 Å². The average molecular weight is 291 g/mol. The molecule has 1 aromatic rings. The van der Waals surface area contributed by atoms with Crippen molar-refractivity contribution in [2.45, 2.75) is 25.3 Å². The Morgan fingerprint density at radius 3 is 2.85 bits per heavy atom. The van der Waals surface area contributed by atoms with E-state index >= 15 is 0 Å². The van der Waals surface area contributed by atoms with E-state index in [1.807, 2.05) is 12.1 Å². The first-order chi connectivity index (χ1) is 9.61. The number of hydrogen-bond acceptors (Lipinski definition) is 3. The van der Waals surface area contributed by atoms with E-state index in [2.05, 4.69) is 11.0 Å². The molecule has 1 aliphatic rings. The predicted molar refractivity (Wildman–Crippen MR) is 78.7 cm³/mol. The molecule has 0 heterocycles. The fourth-order valence-corrected chi connectivity index (χ4v) is 2.31. The molecule has 4 nitrogen and oxygen atoms in total. The molecule has 0 spiro atoms. The van der Waals surface area contributed by atoms with E-state index in [4.69, 9.17) is 22.0 Å². The van der Waals surface area contributed by atoms with E-state index in [0.717, 1.165) is 24.6 Å². The van der Waals surface area contributed by atoms with Gasteiger partial charge in [-0.25, -0.2) is 4.79 Å². The highest BCUT2D eigenvalue weighted by atomic mass is 35.5. The SMILES string of the molecule is N#CCCN(c1ccc(/C=C/C(=O)O)c(Cl)c1)C1CC1. The fourth-order valence-electron chi connectivity index (χ4n) is 2.07. The second kappa shape index (κ2) is 6.44. The number of carboxylic acid groups (broad SMARTS) is 1. The van der Waals surface area contributed by atoms with Crippen molar-refractivity contribution in [2.75, 3.05) is 11.4 Å².